The maximum Gasteiger partial charge on any atom is 0.260 e. The maximum atomic E-state index is 12.4. The molecule has 6 nitrogen and oxygen atoms in total. The summed E-state index contributed by atoms with van der Waals surface area (Å²) in [6, 6.07) is 6.61. The molecule has 0 aromatic carbocycles. The maximum absolute atomic E-state index is 12.4. The highest BCUT2D eigenvalue weighted by molar-refractivity contribution is 7.89. The normalized spacial score (nSPS) is 13.2. The first-order valence-corrected chi connectivity index (χ1v) is 7.87. The van der Waals surface area contributed by atoms with Crippen LogP contribution in [0.15, 0.2) is 29.4 Å². The summed E-state index contributed by atoms with van der Waals surface area (Å²) in [6.07, 6.45) is 2.19. The van der Waals surface area contributed by atoms with Crippen molar-refractivity contribution < 1.29 is 8.42 Å². The van der Waals surface area contributed by atoms with Crippen LogP contribution in [0.3, 0.4) is 0 Å². The van der Waals surface area contributed by atoms with E-state index in [9.17, 15) is 8.42 Å². The zero-order chi connectivity index (χ0) is 14.8. The van der Waals surface area contributed by atoms with Gasteiger partial charge in [-0.1, -0.05) is 24.6 Å². The van der Waals surface area contributed by atoms with E-state index < -0.39 is 16.1 Å². The molecule has 1 unspecified atom stereocenters. The molecule has 0 amide bonds. The first-order chi connectivity index (χ1) is 9.49. The molecule has 0 aliphatic heterocycles. The predicted molar refractivity (Wildman–Crippen MR) is 74.8 cm³/mol. The summed E-state index contributed by atoms with van der Waals surface area (Å²) in [7, 11) is -3.84. The number of sulfonamides is 1. The van der Waals surface area contributed by atoms with Gasteiger partial charge in [0.05, 0.1) is 12.5 Å². The quantitative estimate of drug-likeness (QED) is 0.914. The first-order valence-electron chi connectivity index (χ1n) is 6.01. The fraction of sp³-hybridized carbons (Fsp3) is 0.333. The Morgan fingerprint density at radius 3 is 2.95 bits per heavy atom. The van der Waals surface area contributed by atoms with E-state index in [4.69, 9.17) is 16.9 Å². The topological polar surface area (TPSA) is 87.3 Å². The Labute approximate surface area is 122 Å². The molecule has 2 heterocycles. The number of fused-ring (bicyclic) bond motifs is 1. The molecule has 1 atom stereocenters. The van der Waals surface area contributed by atoms with Gasteiger partial charge in [0.2, 0.25) is 0 Å². The number of halogens is 1. The molecule has 2 rings (SSSR count). The second-order valence-corrected chi connectivity index (χ2v) is 6.21. The van der Waals surface area contributed by atoms with E-state index in [1.165, 1.54) is 4.40 Å². The zero-order valence-electron chi connectivity index (χ0n) is 10.7. The molecule has 106 valence electrons. The van der Waals surface area contributed by atoms with Crippen molar-refractivity contribution in [1.29, 1.82) is 5.26 Å². The Kier molecular flexibility index (Phi) is 4.28. The van der Waals surface area contributed by atoms with Crippen LogP contribution in [0.2, 0.25) is 5.15 Å². The fourth-order valence-corrected chi connectivity index (χ4v) is 3.80. The van der Waals surface area contributed by atoms with Crippen LogP contribution in [0.25, 0.3) is 5.65 Å². The summed E-state index contributed by atoms with van der Waals surface area (Å²) in [5.74, 6) is 0. The van der Waals surface area contributed by atoms with Crippen LogP contribution in [0.5, 0.6) is 0 Å². The van der Waals surface area contributed by atoms with Crippen molar-refractivity contribution in [2.45, 2.75) is 30.8 Å². The SMILES string of the molecule is CCC(CC#N)NS(=O)(=O)c1c(Cl)nc2ccccn12. The Balaban J connectivity index is 2.47. The lowest BCUT2D eigenvalue weighted by atomic mass is 10.2. The molecule has 0 aliphatic rings. The second kappa shape index (κ2) is 5.79. The van der Waals surface area contributed by atoms with Gasteiger partial charge in [-0.25, -0.2) is 18.1 Å². The average Bonchev–Trinajstić information content (AvgIpc) is 2.74. The van der Waals surface area contributed by atoms with Gasteiger partial charge in [0.25, 0.3) is 10.0 Å². The third-order valence-corrected chi connectivity index (χ3v) is 4.77. The van der Waals surface area contributed by atoms with Crippen molar-refractivity contribution in [3.05, 3.63) is 29.5 Å². The number of pyridine rings is 1. The lowest BCUT2D eigenvalue weighted by Gasteiger charge is -2.13. The summed E-state index contributed by atoms with van der Waals surface area (Å²) in [4.78, 5) is 4.00. The number of imidazole rings is 1. The molecular formula is C12H13ClN4O2S. The average molecular weight is 313 g/mol. The molecule has 0 spiro atoms. The molecule has 0 saturated carbocycles. The Bertz CT molecular complexity index is 763. The van der Waals surface area contributed by atoms with E-state index in [2.05, 4.69) is 9.71 Å². The molecule has 8 heteroatoms. The number of hydrogen-bond acceptors (Lipinski definition) is 4. The van der Waals surface area contributed by atoms with Gasteiger partial charge in [0, 0.05) is 12.2 Å². The summed E-state index contributed by atoms with van der Waals surface area (Å²) in [6.45, 7) is 1.81. The van der Waals surface area contributed by atoms with Crippen LogP contribution in [0.1, 0.15) is 19.8 Å². The van der Waals surface area contributed by atoms with E-state index in [1.807, 2.05) is 6.07 Å². The molecular weight excluding hydrogens is 300 g/mol. The van der Waals surface area contributed by atoms with E-state index >= 15 is 0 Å². The standard InChI is InChI=1S/C12H13ClN4O2S/c1-2-9(6-7-14)16-20(18,19)12-11(13)15-10-5-3-4-8-17(10)12/h3-5,8-9,16H,2,6H2,1H3. The lowest BCUT2D eigenvalue weighted by Crippen LogP contribution is -2.34. The molecule has 2 aromatic rings. The highest BCUT2D eigenvalue weighted by Gasteiger charge is 2.26. The largest absolute Gasteiger partial charge is 0.288 e. The Morgan fingerprint density at radius 1 is 1.55 bits per heavy atom. The molecule has 0 fully saturated rings. The summed E-state index contributed by atoms with van der Waals surface area (Å²) in [5.41, 5.74) is 0.450. The van der Waals surface area contributed by atoms with E-state index in [0.29, 0.717) is 12.1 Å². The van der Waals surface area contributed by atoms with Crippen LogP contribution < -0.4 is 4.72 Å². The highest BCUT2D eigenvalue weighted by atomic mass is 35.5. The van der Waals surface area contributed by atoms with Gasteiger partial charge in [-0.2, -0.15) is 5.26 Å². The molecule has 0 radical (unpaired) electrons. The monoisotopic (exact) mass is 312 g/mol. The van der Waals surface area contributed by atoms with E-state index in [-0.39, 0.29) is 16.6 Å². The van der Waals surface area contributed by atoms with Crippen LogP contribution in [0.4, 0.5) is 0 Å². The second-order valence-electron chi connectivity index (χ2n) is 4.23. The van der Waals surface area contributed by atoms with E-state index in [0.717, 1.165) is 0 Å². The third-order valence-electron chi connectivity index (χ3n) is 2.85. The highest BCUT2D eigenvalue weighted by Crippen LogP contribution is 2.22. The van der Waals surface area contributed by atoms with Gasteiger partial charge in [0.1, 0.15) is 5.65 Å². The number of hydrogen-bond donors (Lipinski definition) is 1. The minimum Gasteiger partial charge on any atom is -0.288 e. The van der Waals surface area contributed by atoms with Crippen molar-refractivity contribution in [1.82, 2.24) is 14.1 Å². The van der Waals surface area contributed by atoms with Gasteiger partial charge in [-0.05, 0) is 18.6 Å². The Morgan fingerprint density at radius 2 is 2.30 bits per heavy atom. The minimum atomic E-state index is -3.84. The van der Waals surface area contributed by atoms with Gasteiger partial charge in [-0.15, -0.1) is 0 Å². The summed E-state index contributed by atoms with van der Waals surface area (Å²) < 4.78 is 28.7. The van der Waals surface area contributed by atoms with Crippen molar-refractivity contribution in [3.8, 4) is 6.07 Å². The van der Waals surface area contributed by atoms with E-state index in [1.54, 1.807) is 31.3 Å². The van der Waals surface area contributed by atoms with Crippen LogP contribution >= 0.6 is 11.6 Å². The van der Waals surface area contributed by atoms with Crippen molar-refractivity contribution >= 4 is 27.3 Å². The van der Waals surface area contributed by atoms with Crippen molar-refractivity contribution in [3.63, 3.8) is 0 Å². The Hall–Kier alpha value is -1.62. The van der Waals surface area contributed by atoms with Crippen LogP contribution in [0, 0.1) is 11.3 Å². The summed E-state index contributed by atoms with van der Waals surface area (Å²) in [5, 5.41) is 8.50. The minimum absolute atomic E-state index is 0.0875. The van der Waals surface area contributed by atoms with Crippen LogP contribution in [-0.4, -0.2) is 23.8 Å². The predicted octanol–water partition coefficient (Wildman–Crippen LogP) is 1.96. The number of nitrogens with one attached hydrogen (secondary N) is 1. The first kappa shape index (κ1) is 14.8. The number of aromatic nitrogens is 2. The number of nitriles is 1. The van der Waals surface area contributed by atoms with Gasteiger partial charge < -0.3 is 0 Å². The molecule has 2 aromatic heterocycles. The van der Waals surface area contributed by atoms with Crippen molar-refractivity contribution in [2.24, 2.45) is 0 Å². The number of rotatable bonds is 5. The van der Waals surface area contributed by atoms with Crippen LogP contribution in [-0.2, 0) is 10.0 Å². The molecule has 0 bridgehead atoms. The lowest BCUT2D eigenvalue weighted by molar-refractivity contribution is 0.539. The molecule has 0 aliphatic carbocycles. The number of nitrogens with zero attached hydrogens (tertiary/aromatic N) is 3. The van der Waals surface area contributed by atoms with Gasteiger partial charge >= 0.3 is 0 Å². The molecule has 20 heavy (non-hydrogen) atoms. The zero-order valence-corrected chi connectivity index (χ0v) is 12.3. The molecule has 1 N–H and O–H groups in total. The van der Waals surface area contributed by atoms with Gasteiger partial charge in [-0.3, -0.25) is 4.40 Å². The summed E-state index contributed by atoms with van der Waals surface area (Å²) >= 11 is 5.94. The van der Waals surface area contributed by atoms with Crippen molar-refractivity contribution in [2.75, 3.05) is 0 Å². The molecule has 0 saturated heterocycles. The fourth-order valence-electron chi connectivity index (χ4n) is 1.84. The third kappa shape index (κ3) is 2.77. The van der Waals surface area contributed by atoms with Gasteiger partial charge in [0.15, 0.2) is 10.2 Å². The smallest absolute Gasteiger partial charge is 0.260 e.